The molecule has 19 heavy (non-hydrogen) atoms. The molecule has 0 atom stereocenters. The highest BCUT2D eigenvalue weighted by atomic mass is 19.1. The van der Waals surface area contributed by atoms with Crippen LogP contribution in [0.15, 0.2) is 18.2 Å². The Bertz CT molecular complexity index is 443. The van der Waals surface area contributed by atoms with Crippen LogP contribution in [-0.4, -0.2) is 31.7 Å². The van der Waals surface area contributed by atoms with E-state index in [4.69, 9.17) is 4.74 Å². The predicted octanol–water partition coefficient (Wildman–Crippen LogP) is 1.61. The molecule has 1 aromatic rings. The summed E-state index contributed by atoms with van der Waals surface area (Å²) in [6.45, 7) is 4.24. The second kappa shape index (κ2) is 7.35. The maximum absolute atomic E-state index is 13.1. The van der Waals surface area contributed by atoms with Crippen LogP contribution < -0.4 is 10.6 Å². The summed E-state index contributed by atoms with van der Waals surface area (Å²) in [6.07, 6.45) is 0. The van der Waals surface area contributed by atoms with Crippen molar-refractivity contribution in [2.24, 2.45) is 0 Å². The molecular weight excluding hydrogens is 251 g/mol. The zero-order valence-corrected chi connectivity index (χ0v) is 11.0. The maximum Gasteiger partial charge on any atom is 0.338 e. The Morgan fingerprint density at radius 1 is 1.26 bits per heavy atom. The second-order valence-electron chi connectivity index (χ2n) is 3.94. The molecule has 6 heteroatoms. The summed E-state index contributed by atoms with van der Waals surface area (Å²) in [5.74, 6) is -1.09. The molecule has 0 aliphatic rings. The fraction of sp³-hybridized carbons (Fsp3) is 0.385. The fourth-order valence-corrected chi connectivity index (χ4v) is 1.47. The highest BCUT2D eigenvalue weighted by Gasteiger charge is 2.09. The van der Waals surface area contributed by atoms with Crippen LogP contribution in [0.3, 0.4) is 0 Å². The van der Waals surface area contributed by atoms with Gasteiger partial charge in [0.25, 0.3) is 0 Å². The molecule has 0 aromatic heterocycles. The summed E-state index contributed by atoms with van der Waals surface area (Å²) in [4.78, 5) is 22.6. The molecule has 0 heterocycles. The number of urea groups is 1. The lowest BCUT2D eigenvalue weighted by Crippen LogP contribution is -2.37. The molecule has 1 aromatic carbocycles. The summed E-state index contributed by atoms with van der Waals surface area (Å²) in [6, 6.07) is 3.67. The molecule has 0 saturated heterocycles. The van der Waals surface area contributed by atoms with Crippen molar-refractivity contribution in [3.8, 4) is 0 Å². The van der Waals surface area contributed by atoms with E-state index in [-0.39, 0.29) is 24.7 Å². The van der Waals surface area contributed by atoms with Crippen LogP contribution in [0.2, 0.25) is 0 Å². The summed E-state index contributed by atoms with van der Waals surface area (Å²) in [7, 11) is 0. The van der Waals surface area contributed by atoms with Crippen LogP contribution in [0.5, 0.6) is 0 Å². The minimum absolute atomic E-state index is 0.0333. The average Bonchev–Trinajstić information content (AvgIpc) is 2.33. The van der Waals surface area contributed by atoms with Gasteiger partial charge >= 0.3 is 12.0 Å². The molecule has 104 valence electrons. The van der Waals surface area contributed by atoms with Gasteiger partial charge in [-0.3, -0.25) is 0 Å². The number of benzene rings is 1. The molecule has 0 radical (unpaired) electrons. The Labute approximate surface area is 111 Å². The molecule has 0 aliphatic heterocycles. The number of hydrogen-bond acceptors (Lipinski definition) is 3. The van der Waals surface area contributed by atoms with Crippen LogP contribution in [0.1, 0.15) is 22.8 Å². The fourth-order valence-electron chi connectivity index (χ4n) is 1.47. The quantitative estimate of drug-likeness (QED) is 0.629. The van der Waals surface area contributed by atoms with Crippen molar-refractivity contribution in [2.75, 3.05) is 19.7 Å². The lowest BCUT2D eigenvalue weighted by Gasteiger charge is -2.07. The second-order valence-corrected chi connectivity index (χ2v) is 3.94. The number of aryl methyl sites for hydroxylation is 1. The standard InChI is InChI=1S/C13H17FN2O3/c1-3-15-13(18)16-4-5-19-12(17)10-6-9(2)7-11(14)8-10/h6-8H,3-5H2,1-2H3,(H2,15,16,18). The molecule has 0 aliphatic carbocycles. The highest BCUT2D eigenvalue weighted by molar-refractivity contribution is 5.89. The first-order valence-corrected chi connectivity index (χ1v) is 5.99. The Morgan fingerprint density at radius 3 is 2.63 bits per heavy atom. The van der Waals surface area contributed by atoms with Crippen molar-refractivity contribution in [2.45, 2.75) is 13.8 Å². The Balaban J connectivity index is 2.37. The number of carbonyl (C=O) groups is 2. The van der Waals surface area contributed by atoms with Gasteiger partial charge in [-0.25, -0.2) is 14.0 Å². The van der Waals surface area contributed by atoms with Crippen LogP contribution in [0.25, 0.3) is 0 Å². The van der Waals surface area contributed by atoms with Crippen LogP contribution in [0, 0.1) is 12.7 Å². The summed E-state index contributed by atoms with van der Waals surface area (Å²) in [5, 5.41) is 5.05. The maximum atomic E-state index is 13.1. The van der Waals surface area contributed by atoms with E-state index in [2.05, 4.69) is 10.6 Å². The number of halogens is 1. The topological polar surface area (TPSA) is 67.4 Å². The van der Waals surface area contributed by atoms with Crippen molar-refractivity contribution in [1.29, 1.82) is 0 Å². The van der Waals surface area contributed by atoms with E-state index in [1.807, 2.05) is 0 Å². The molecule has 5 nitrogen and oxygen atoms in total. The van der Waals surface area contributed by atoms with E-state index >= 15 is 0 Å². The third kappa shape index (κ3) is 5.37. The van der Waals surface area contributed by atoms with Gasteiger partial charge in [-0.1, -0.05) is 0 Å². The Kier molecular flexibility index (Phi) is 5.78. The number of nitrogens with one attached hydrogen (secondary N) is 2. The van der Waals surface area contributed by atoms with Gasteiger partial charge in [0.1, 0.15) is 12.4 Å². The summed E-state index contributed by atoms with van der Waals surface area (Å²) in [5.41, 5.74) is 0.808. The van der Waals surface area contributed by atoms with Crippen LogP contribution >= 0.6 is 0 Å². The largest absolute Gasteiger partial charge is 0.460 e. The van der Waals surface area contributed by atoms with E-state index in [9.17, 15) is 14.0 Å². The zero-order chi connectivity index (χ0) is 14.3. The number of hydrogen-bond donors (Lipinski definition) is 2. The Morgan fingerprint density at radius 2 is 2.00 bits per heavy atom. The van der Waals surface area contributed by atoms with Crippen LogP contribution in [0.4, 0.5) is 9.18 Å². The number of carbonyl (C=O) groups excluding carboxylic acids is 2. The van der Waals surface area contributed by atoms with Gasteiger partial charge in [-0.15, -0.1) is 0 Å². The monoisotopic (exact) mass is 268 g/mol. The van der Waals surface area contributed by atoms with Crippen molar-refractivity contribution in [3.05, 3.63) is 35.1 Å². The first-order chi connectivity index (χ1) is 9.02. The van der Waals surface area contributed by atoms with Gasteiger partial charge in [-0.05, 0) is 37.6 Å². The smallest absolute Gasteiger partial charge is 0.338 e. The third-order valence-corrected chi connectivity index (χ3v) is 2.24. The minimum atomic E-state index is -0.611. The van der Waals surface area contributed by atoms with Gasteiger partial charge in [0, 0.05) is 6.54 Å². The van der Waals surface area contributed by atoms with Crippen molar-refractivity contribution < 1.29 is 18.7 Å². The van der Waals surface area contributed by atoms with Crippen LogP contribution in [-0.2, 0) is 4.74 Å². The highest BCUT2D eigenvalue weighted by Crippen LogP contribution is 2.09. The first-order valence-electron chi connectivity index (χ1n) is 5.99. The molecule has 2 N–H and O–H groups in total. The number of rotatable bonds is 5. The summed E-state index contributed by atoms with van der Waals surface area (Å²) >= 11 is 0. The minimum Gasteiger partial charge on any atom is -0.460 e. The molecule has 0 bridgehead atoms. The first kappa shape index (κ1) is 14.9. The van der Waals surface area contributed by atoms with Gasteiger partial charge in [-0.2, -0.15) is 0 Å². The van der Waals surface area contributed by atoms with E-state index in [1.165, 1.54) is 6.07 Å². The van der Waals surface area contributed by atoms with Crippen molar-refractivity contribution in [3.63, 3.8) is 0 Å². The van der Waals surface area contributed by atoms with E-state index in [0.29, 0.717) is 12.1 Å². The molecule has 0 fully saturated rings. The van der Waals surface area contributed by atoms with Gasteiger partial charge in [0.05, 0.1) is 12.1 Å². The average molecular weight is 268 g/mol. The van der Waals surface area contributed by atoms with E-state index in [0.717, 1.165) is 6.07 Å². The number of ether oxygens (including phenoxy) is 1. The molecular formula is C13H17FN2O3. The van der Waals surface area contributed by atoms with E-state index < -0.39 is 11.8 Å². The number of esters is 1. The van der Waals surface area contributed by atoms with Gasteiger partial charge < -0.3 is 15.4 Å². The normalized spacial score (nSPS) is 9.84. The molecule has 0 saturated carbocycles. The molecule has 2 amide bonds. The number of amides is 2. The van der Waals surface area contributed by atoms with E-state index in [1.54, 1.807) is 19.9 Å². The van der Waals surface area contributed by atoms with Gasteiger partial charge in [0.15, 0.2) is 0 Å². The lowest BCUT2D eigenvalue weighted by molar-refractivity contribution is 0.0509. The molecule has 1 rings (SSSR count). The van der Waals surface area contributed by atoms with Crippen molar-refractivity contribution >= 4 is 12.0 Å². The predicted molar refractivity (Wildman–Crippen MR) is 68.5 cm³/mol. The molecule has 0 spiro atoms. The third-order valence-electron chi connectivity index (χ3n) is 2.24. The van der Waals surface area contributed by atoms with Gasteiger partial charge in [0.2, 0.25) is 0 Å². The lowest BCUT2D eigenvalue weighted by atomic mass is 10.1. The van der Waals surface area contributed by atoms with Crippen molar-refractivity contribution in [1.82, 2.24) is 10.6 Å². The summed E-state index contributed by atoms with van der Waals surface area (Å²) < 4.78 is 18.0. The Hall–Kier alpha value is -2.11. The zero-order valence-electron chi connectivity index (χ0n) is 11.0. The molecule has 0 unspecified atom stereocenters. The SMILES string of the molecule is CCNC(=O)NCCOC(=O)c1cc(C)cc(F)c1.